The highest BCUT2D eigenvalue weighted by atomic mass is 16.2. The van der Waals surface area contributed by atoms with E-state index in [-0.39, 0.29) is 5.91 Å². The van der Waals surface area contributed by atoms with Gasteiger partial charge in [0.25, 0.3) is 5.91 Å². The molecule has 98 valence electrons. The minimum atomic E-state index is 0.121. The minimum Gasteiger partial charge on any atom is -0.398 e. The van der Waals surface area contributed by atoms with Crippen LogP contribution in [0.2, 0.25) is 0 Å². The standard InChI is InChI=1S/C15H22N2O/c1-9-5-10(2)14(16)6-13(9)15(18)17-7-11(3)12(4)8-17/h5-6,11-12H,7-8,16H2,1-4H3. The molecule has 0 radical (unpaired) electrons. The van der Waals surface area contributed by atoms with Crippen LogP contribution in [0.5, 0.6) is 0 Å². The molecule has 1 amide bonds. The number of benzene rings is 1. The van der Waals surface area contributed by atoms with Gasteiger partial charge < -0.3 is 10.6 Å². The van der Waals surface area contributed by atoms with E-state index in [0.29, 0.717) is 17.5 Å². The molecule has 1 aromatic rings. The van der Waals surface area contributed by atoms with Crippen molar-refractivity contribution in [3.05, 3.63) is 28.8 Å². The van der Waals surface area contributed by atoms with Crippen LogP contribution >= 0.6 is 0 Å². The summed E-state index contributed by atoms with van der Waals surface area (Å²) in [6.07, 6.45) is 0. The summed E-state index contributed by atoms with van der Waals surface area (Å²) in [5.74, 6) is 1.28. The van der Waals surface area contributed by atoms with Gasteiger partial charge in [-0.05, 0) is 42.9 Å². The molecule has 3 heteroatoms. The van der Waals surface area contributed by atoms with Gasteiger partial charge in [-0.3, -0.25) is 4.79 Å². The molecule has 2 N–H and O–H groups in total. The molecule has 18 heavy (non-hydrogen) atoms. The number of anilines is 1. The Labute approximate surface area is 109 Å². The average Bonchev–Trinajstić information content (AvgIpc) is 2.63. The van der Waals surface area contributed by atoms with Crippen molar-refractivity contribution in [3.8, 4) is 0 Å². The molecular weight excluding hydrogens is 224 g/mol. The molecule has 1 aliphatic rings. The van der Waals surface area contributed by atoms with Crippen molar-refractivity contribution >= 4 is 11.6 Å². The summed E-state index contributed by atoms with van der Waals surface area (Å²) in [5.41, 5.74) is 9.40. The SMILES string of the molecule is Cc1cc(C)c(C(=O)N2CC(C)C(C)C2)cc1N. The molecule has 0 spiro atoms. The monoisotopic (exact) mass is 246 g/mol. The van der Waals surface area contributed by atoms with E-state index in [4.69, 9.17) is 5.73 Å². The van der Waals surface area contributed by atoms with Gasteiger partial charge in [-0.15, -0.1) is 0 Å². The molecule has 0 saturated carbocycles. The highest BCUT2D eigenvalue weighted by molar-refractivity contribution is 5.97. The quantitative estimate of drug-likeness (QED) is 0.774. The number of likely N-dealkylation sites (tertiary alicyclic amines) is 1. The van der Waals surface area contributed by atoms with E-state index in [0.717, 1.165) is 29.8 Å². The fourth-order valence-electron chi connectivity index (χ4n) is 2.57. The van der Waals surface area contributed by atoms with Gasteiger partial charge >= 0.3 is 0 Å². The Hall–Kier alpha value is -1.51. The van der Waals surface area contributed by atoms with Gasteiger partial charge in [-0.2, -0.15) is 0 Å². The van der Waals surface area contributed by atoms with Crippen molar-refractivity contribution < 1.29 is 4.79 Å². The van der Waals surface area contributed by atoms with Crippen molar-refractivity contribution in [2.24, 2.45) is 11.8 Å². The number of hydrogen-bond donors (Lipinski definition) is 1. The van der Waals surface area contributed by atoms with Gasteiger partial charge in [0.05, 0.1) is 0 Å². The zero-order chi connectivity index (χ0) is 13.4. The van der Waals surface area contributed by atoms with E-state index < -0.39 is 0 Å². The van der Waals surface area contributed by atoms with Crippen LogP contribution in [0.1, 0.15) is 35.3 Å². The molecule has 0 aromatic heterocycles. The number of nitrogens with zero attached hydrogens (tertiary/aromatic N) is 1. The molecule has 0 aliphatic carbocycles. The summed E-state index contributed by atoms with van der Waals surface area (Å²) < 4.78 is 0. The van der Waals surface area contributed by atoms with Crippen molar-refractivity contribution in [2.45, 2.75) is 27.7 Å². The van der Waals surface area contributed by atoms with Gasteiger partial charge in [0, 0.05) is 24.3 Å². The Kier molecular flexibility index (Phi) is 3.33. The number of nitrogen functional groups attached to an aromatic ring is 1. The second-order valence-electron chi connectivity index (χ2n) is 5.69. The summed E-state index contributed by atoms with van der Waals surface area (Å²) in [5, 5.41) is 0. The topological polar surface area (TPSA) is 46.3 Å². The van der Waals surface area contributed by atoms with E-state index in [1.807, 2.05) is 30.9 Å². The first-order chi connectivity index (χ1) is 8.40. The van der Waals surface area contributed by atoms with E-state index in [9.17, 15) is 4.79 Å². The van der Waals surface area contributed by atoms with Gasteiger partial charge in [-0.25, -0.2) is 0 Å². The molecule has 2 atom stereocenters. The number of carbonyl (C=O) groups is 1. The van der Waals surface area contributed by atoms with Crippen LogP contribution in [-0.2, 0) is 0 Å². The highest BCUT2D eigenvalue weighted by Crippen LogP contribution is 2.26. The predicted molar refractivity (Wildman–Crippen MR) is 74.6 cm³/mol. The summed E-state index contributed by atoms with van der Waals surface area (Å²) in [6.45, 7) is 10.1. The summed E-state index contributed by atoms with van der Waals surface area (Å²) >= 11 is 0. The summed E-state index contributed by atoms with van der Waals surface area (Å²) in [6, 6.07) is 3.81. The molecule has 1 heterocycles. The molecule has 1 saturated heterocycles. The zero-order valence-corrected chi connectivity index (χ0v) is 11.7. The largest absolute Gasteiger partial charge is 0.398 e. The number of carbonyl (C=O) groups excluding carboxylic acids is 1. The third-order valence-corrected chi connectivity index (χ3v) is 4.12. The van der Waals surface area contributed by atoms with E-state index in [1.165, 1.54) is 0 Å². The normalized spacial score (nSPS) is 23.4. The van der Waals surface area contributed by atoms with Crippen molar-refractivity contribution in [2.75, 3.05) is 18.8 Å². The van der Waals surface area contributed by atoms with Crippen molar-refractivity contribution in [1.82, 2.24) is 4.90 Å². The Bertz CT molecular complexity index is 472. The van der Waals surface area contributed by atoms with Gasteiger partial charge in [-0.1, -0.05) is 19.9 Å². The molecule has 1 aromatic carbocycles. The third-order valence-electron chi connectivity index (χ3n) is 4.12. The third kappa shape index (κ3) is 2.22. The van der Waals surface area contributed by atoms with Crippen LogP contribution in [0.25, 0.3) is 0 Å². The van der Waals surface area contributed by atoms with E-state index in [2.05, 4.69) is 13.8 Å². The minimum absolute atomic E-state index is 0.121. The smallest absolute Gasteiger partial charge is 0.254 e. The van der Waals surface area contributed by atoms with E-state index >= 15 is 0 Å². The van der Waals surface area contributed by atoms with Crippen LogP contribution in [0, 0.1) is 25.7 Å². The highest BCUT2D eigenvalue weighted by Gasteiger charge is 2.30. The molecule has 3 nitrogen and oxygen atoms in total. The van der Waals surface area contributed by atoms with E-state index in [1.54, 1.807) is 0 Å². The lowest BCUT2D eigenvalue weighted by atomic mass is 10.0. The number of rotatable bonds is 1. The second-order valence-corrected chi connectivity index (χ2v) is 5.69. The lowest BCUT2D eigenvalue weighted by Gasteiger charge is -2.18. The molecular formula is C15H22N2O. The Morgan fingerprint density at radius 2 is 1.72 bits per heavy atom. The maximum atomic E-state index is 12.5. The lowest BCUT2D eigenvalue weighted by Crippen LogP contribution is -2.29. The molecule has 2 unspecified atom stereocenters. The first-order valence-electron chi connectivity index (χ1n) is 6.56. The molecule has 1 aliphatic heterocycles. The number of amides is 1. The maximum Gasteiger partial charge on any atom is 0.254 e. The zero-order valence-electron chi connectivity index (χ0n) is 11.7. The maximum absolute atomic E-state index is 12.5. The Balaban J connectivity index is 2.27. The van der Waals surface area contributed by atoms with Crippen LogP contribution < -0.4 is 5.73 Å². The van der Waals surface area contributed by atoms with Crippen LogP contribution in [-0.4, -0.2) is 23.9 Å². The van der Waals surface area contributed by atoms with Crippen LogP contribution in [0.4, 0.5) is 5.69 Å². The number of aryl methyl sites for hydroxylation is 2. The van der Waals surface area contributed by atoms with Crippen LogP contribution in [0.3, 0.4) is 0 Å². The van der Waals surface area contributed by atoms with Gasteiger partial charge in [0.15, 0.2) is 0 Å². The number of hydrogen-bond acceptors (Lipinski definition) is 2. The second kappa shape index (κ2) is 4.63. The first kappa shape index (κ1) is 12.9. The average molecular weight is 246 g/mol. The van der Waals surface area contributed by atoms with Gasteiger partial charge in [0.2, 0.25) is 0 Å². The molecule has 2 rings (SSSR count). The van der Waals surface area contributed by atoms with Crippen LogP contribution in [0.15, 0.2) is 12.1 Å². The number of nitrogens with two attached hydrogens (primary N) is 1. The van der Waals surface area contributed by atoms with Crippen molar-refractivity contribution in [3.63, 3.8) is 0 Å². The van der Waals surface area contributed by atoms with Crippen molar-refractivity contribution in [1.29, 1.82) is 0 Å². The first-order valence-corrected chi connectivity index (χ1v) is 6.56. The molecule has 0 bridgehead atoms. The fourth-order valence-corrected chi connectivity index (χ4v) is 2.57. The predicted octanol–water partition coefficient (Wildman–Crippen LogP) is 2.61. The fraction of sp³-hybridized carbons (Fsp3) is 0.533. The Morgan fingerprint density at radius 3 is 2.28 bits per heavy atom. The summed E-state index contributed by atoms with van der Waals surface area (Å²) in [7, 11) is 0. The lowest BCUT2D eigenvalue weighted by molar-refractivity contribution is 0.0784. The Morgan fingerprint density at radius 1 is 1.17 bits per heavy atom. The molecule has 1 fully saturated rings. The van der Waals surface area contributed by atoms with Gasteiger partial charge in [0.1, 0.15) is 0 Å². The summed E-state index contributed by atoms with van der Waals surface area (Å²) in [4.78, 5) is 14.4.